The first-order valence-corrected chi connectivity index (χ1v) is 7.83. The molecule has 0 amide bonds. The van der Waals surface area contributed by atoms with Crippen LogP contribution in [0.3, 0.4) is 0 Å². The fourth-order valence-electron chi connectivity index (χ4n) is 2.34. The number of carbonyl (C=O) groups excluding carboxylic acids is 2. The minimum atomic E-state index is -0.583. The molecular formula is C20H17NO4. The Balaban J connectivity index is 1.91. The number of rotatable bonds is 5. The van der Waals surface area contributed by atoms with E-state index in [0.717, 1.165) is 11.1 Å². The zero-order valence-corrected chi connectivity index (χ0v) is 14.0. The van der Waals surface area contributed by atoms with Gasteiger partial charge in [0.15, 0.2) is 11.5 Å². The first-order chi connectivity index (χ1) is 12.0. The average molecular weight is 335 g/mol. The lowest BCUT2D eigenvalue weighted by molar-refractivity contribution is -0.120. The number of hydrogen-bond donors (Lipinski definition) is 0. The van der Waals surface area contributed by atoms with Crippen LogP contribution in [-0.2, 0) is 9.53 Å². The van der Waals surface area contributed by atoms with E-state index in [9.17, 15) is 9.59 Å². The van der Waals surface area contributed by atoms with Gasteiger partial charge in [0.05, 0.1) is 17.3 Å². The van der Waals surface area contributed by atoms with Crippen molar-refractivity contribution in [2.75, 3.05) is 6.61 Å². The maximum absolute atomic E-state index is 12.2. The van der Waals surface area contributed by atoms with Gasteiger partial charge in [-0.25, -0.2) is 9.78 Å². The second-order valence-corrected chi connectivity index (χ2v) is 5.72. The molecule has 1 heterocycles. The van der Waals surface area contributed by atoms with Crippen LogP contribution < -0.4 is 0 Å². The van der Waals surface area contributed by atoms with Gasteiger partial charge in [0.2, 0.25) is 5.89 Å². The fourth-order valence-corrected chi connectivity index (χ4v) is 2.34. The summed E-state index contributed by atoms with van der Waals surface area (Å²) in [6, 6.07) is 14.7. The quantitative estimate of drug-likeness (QED) is 0.658. The number of nitrogens with zero attached hydrogens (tertiary/aromatic N) is 1. The molecule has 2 aromatic carbocycles. The van der Waals surface area contributed by atoms with Gasteiger partial charge in [-0.2, -0.15) is 0 Å². The van der Waals surface area contributed by atoms with E-state index in [1.54, 1.807) is 30.5 Å². The summed E-state index contributed by atoms with van der Waals surface area (Å²) in [5.41, 5.74) is 2.89. The van der Waals surface area contributed by atoms with Crippen LogP contribution in [0, 0.1) is 6.92 Å². The second-order valence-electron chi connectivity index (χ2n) is 5.72. The minimum Gasteiger partial charge on any atom is -0.454 e. The minimum absolute atomic E-state index is 0.219. The summed E-state index contributed by atoms with van der Waals surface area (Å²) in [5.74, 6) is 0.136. The third kappa shape index (κ3) is 3.83. The normalized spacial score (nSPS) is 10.5. The van der Waals surface area contributed by atoms with Crippen molar-refractivity contribution < 1.29 is 18.7 Å². The number of aryl methyl sites for hydroxylation is 1. The van der Waals surface area contributed by atoms with Crippen LogP contribution >= 0.6 is 0 Å². The fraction of sp³-hybridized carbons (Fsp3) is 0.150. The Morgan fingerprint density at radius 2 is 1.80 bits per heavy atom. The monoisotopic (exact) mass is 335 g/mol. The molecule has 3 aromatic rings. The van der Waals surface area contributed by atoms with E-state index < -0.39 is 5.97 Å². The molecule has 0 unspecified atom stereocenters. The Kier molecular flexibility index (Phi) is 4.75. The molecule has 126 valence electrons. The molecule has 0 atom stereocenters. The van der Waals surface area contributed by atoms with Gasteiger partial charge < -0.3 is 9.15 Å². The maximum Gasteiger partial charge on any atom is 0.339 e. The number of ketones is 1. The Morgan fingerprint density at radius 1 is 1.08 bits per heavy atom. The predicted molar refractivity (Wildman–Crippen MR) is 93.1 cm³/mol. The van der Waals surface area contributed by atoms with Crippen molar-refractivity contribution in [2.24, 2.45) is 0 Å². The van der Waals surface area contributed by atoms with Gasteiger partial charge in [-0.3, -0.25) is 4.79 Å². The van der Waals surface area contributed by atoms with Gasteiger partial charge in [-0.1, -0.05) is 42.0 Å². The van der Waals surface area contributed by atoms with Gasteiger partial charge in [-0.15, -0.1) is 0 Å². The van der Waals surface area contributed by atoms with Crippen molar-refractivity contribution in [1.82, 2.24) is 4.98 Å². The highest BCUT2D eigenvalue weighted by Crippen LogP contribution is 2.28. The van der Waals surface area contributed by atoms with Crippen molar-refractivity contribution in [2.45, 2.75) is 13.8 Å². The van der Waals surface area contributed by atoms with Gasteiger partial charge in [0.25, 0.3) is 0 Å². The van der Waals surface area contributed by atoms with Gasteiger partial charge in [0, 0.05) is 5.56 Å². The predicted octanol–water partition coefficient (Wildman–Crippen LogP) is 4.06. The van der Waals surface area contributed by atoms with Crippen molar-refractivity contribution in [1.29, 1.82) is 0 Å². The van der Waals surface area contributed by atoms with E-state index in [1.807, 2.05) is 31.2 Å². The highest BCUT2D eigenvalue weighted by molar-refractivity contribution is 5.97. The largest absolute Gasteiger partial charge is 0.454 e. The second kappa shape index (κ2) is 7.13. The zero-order valence-electron chi connectivity index (χ0n) is 14.0. The molecule has 0 bridgehead atoms. The third-order valence-electron chi connectivity index (χ3n) is 3.63. The highest BCUT2D eigenvalue weighted by atomic mass is 16.5. The number of Topliss-reactive ketones (excluding diaryl/α,β-unsaturated/α-hetero) is 1. The molecule has 0 saturated carbocycles. The summed E-state index contributed by atoms with van der Waals surface area (Å²) in [6.45, 7) is 3.12. The van der Waals surface area contributed by atoms with E-state index in [0.29, 0.717) is 22.8 Å². The number of aromatic nitrogens is 1. The summed E-state index contributed by atoms with van der Waals surface area (Å²) in [6.07, 6.45) is 1.62. The Labute approximate surface area is 145 Å². The van der Waals surface area contributed by atoms with Crippen LogP contribution in [0.5, 0.6) is 0 Å². The molecule has 5 heteroatoms. The van der Waals surface area contributed by atoms with Crippen molar-refractivity contribution in [3.63, 3.8) is 0 Å². The Morgan fingerprint density at radius 3 is 2.52 bits per heavy atom. The van der Waals surface area contributed by atoms with Crippen molar-refractivity contribution in [3.05, 3.63) is 65.9 Å². The SMILES string of the molecule is CC(=O)COC(=O)c1ccccc1-c1ncc(-c2ccc(C)cc2)o1. The summed E-state index contributed by atoms with van der Waals surface area (Å²) < 4.78 is 10.8. The van der Waals surface area contributed by atoms with Crippen LogP contribution in [0.2, 0.25) is 0 Å². The van der Waals surface area contributed by atoms with Crippen molar-refractivity contribution >= 4 is 11.8 Å². The van der Waals surface area contributed by atoms with Crippen LogP contribution in [0.25, 0.3) is 22.8 Å². The average Bonchev–Trinajstić information content (AvgIpc) is 3.10. The first-order valence-electron chi connectivity index (χ1n) is 7.83. The summed E-state index contributed by atoms with van der Waals surface area (Å²) in [5, 5.41) is 0. The van der Waals surface area contributed by atoms with E-state index >= 15 is 0 Å². The molecule has 0 aliphatic rings. The van der Waals surface area contributed by atoms with E-state index in [-0.39, 0.29) is 12.4 Å². The molecule has 25 heavy (non-hydrogen) atoms. The number of benzene rings is 2. The van der Waals surface area contributed by atoms with Crippen LogP contribution in [0.4, 0.5) is 0 Å². The Bertz CT molecular complexity index is 909. The first kappa shape index (κ1) is 16.6. The van der Waals surface area contributed by atoms with Crippen molar-refractivity contribution in [3.8, 4) is 22.8 Å². The van der Waals surface area contributed by atoms with Gasteiger partial charge >= 0.3 is 5.97 Å². The lowest BCUT2D eigenvalue weighted by atomic mass is 10.1. The third-order valence-corrected chi connectivity index (χ3v) is 3.63. The lowest BCUT2D eigenvalue weighted by Gasteiger charge is -2.06. The van der Waals surface area contributed by atoms with E-state index in [4.69, 9.17) is 9.15 Å². The summed E-state index contributed by atoms with van der Waals surface area (Å²) >= 11 is 0. The molecule has 0 N–H and O–H groups in total. The molecule has 0 spiro atoms. The van der Waals surface area contributed by atoms with Gasteiger partial charge in [0.1, 0.15) is 6.61 Å². The summed E-state index contributed by atoms with van der Waals surface area (Å²) in [4.78, 5) is 27.5. The summed E-state index contributed by atoms with van der Waals surface area (Å²) in [7, 11) is 0. The lowest BCUT2D eigenvalue weighted by Crippen LogP contribution is -2.12. The standard InChI is InChI=1S/C20H17NO4/c1-13-7-9-15(10-8-13)18-11-21-19(25-18)16-5-3-4-6-17(16)20(23)24-12-14(2)22/h3-11H,12H2,1-2H3. The van der Waals surface area contributed by atoms with E-state index in [2.05, 4.69) is 4.98 Å². The highest BCUT2D eigenvalue weighted by Gasteiger charge is 2.18. The van der Waals surface area contributed by atoms with Gasteiger partial charge in [-0.05, 0) is 26.0 Å². The molecule has 0 radical (unpaired) electrons. The molecule has 0 aliphatic heterocycles. The number of carbonyl (C=O) groups is 2. The smallest absolute Gasteiger partial charge is 0.339 e. The molecule has 0 aliphatic carbocycles. The number of esters is 1. The molecular weight excluding hydrogens is 318 g/mol. The number of ether oxygens (including phenoxy) is 1. The maximum atomic E-state index is 12.2. The number of hydrogen-bond acceptors (Lipinski definition) is 5. The Hall–Kier alpha value is -3.21. The van der Waals surface area contributed by atoms with Crippen LogP contribution in [-0.4, -0.2) is 23.3 Å². The zero-order chi connectivity index (χ0) is 17.8. The topological polar surface area (TPSA) is 69.4 Å². The number of oxazole rings is 1. The molecule has 0 saturated heterocycles. The molecule has 3 rings (SSSR count). The van der Waals surface area contributed by atoms with Crippen LogP contribution in [0.15, 0.2) is 59.1 Å². The molecule has 1 aromatic heterocycles. The van der Waals surface area contributed by atoms with E-state index in [1.165, 1.54) is 6.92 Å². The molecule has 5 nitrogen and oxygen atoms in total. The molecule has 0 fully saturated rings. The van der Waals surface area contributed by atoms with Crippen LogP contribution in [0.1, 0.15) is 22.8 Å².